The van der Waals surface area contributed by atoms with Crippen LogP contribution in [0.1, 0.15) is 17.5 Å². The zero-order chi connectivity index (χ0) is 10.7. The molecule has 0 aliphatic heterocycles. The fourth-order valence-corrected chi connectivity index (χ4v) is 1.08. The van der Waals surface area contributed by atoms with Crippen LogP contribution in [0.25, 0.3) is 0 Å². The van der Waals surface area contributed by atoms with E-state index in [1.807, 2.05) is 0 Å². The average molecular weight is 197 g/mol. The van der Waals surface area contributed by atoms with E-state index in [9.17, 15) is 10.2 Å². The Morgan fingerprint density at radius 1 is 1.43 bits per heavy atom. The lowest BCUT2D eigenvalue weighted by Crippen LogP contribution is -2.27. The number of nitrogen functional groups attached to an aromatic ring is 1. The summed E-state index contributed by atoms with van der Waals surface area (Å²) in [7, 11) is 0. The number of aromatic nitrogens is 1. The van der Waals surface area contributed by atoms with Crippen LogP contribution in [0.4, 0.5) is 5.69 Å². The first kappa shape index (κ1) is 10.9. The van der Waals surface area contributed by atoms with Crippen LogP contribution in [0.5, 0.6) is 0 Å². The zero-order valence-corrected chi connectivity index (χ0v) is 8.01. The molecular weight excluding hydrogens is 182 g/mol. The van der Waals surface area contributed by atoms with E-state index >= 15 is 0 Å². The van der Waals surface area contributed by atoms with Gasteiger partial charge in [0.1, 0.15) is 6.10 Å². The Bertz CT molecular complexity index is 317. The van der Waals surface area contributed by atoms with E-state index in [0.717, 1.165) is 0 Å². The average Bonchev–Trinajstić information content (AvgIpc) is 2.20. The summed E-state index contributed by atoms with van der Waals surface area (Å²) in [6.45, 7) is 1.73. The van der Waals surface area contributed by atoms with Crippen molar-refractivity contribution in [2.45, 2.75) is 19.1 Å². The van der Waals surface area contributed by atoms with Gasteiger partial charge in [0.05, 0.1) is 23.2 Å². The number of rotatable bonds is 3. The highest BCUT2D eigenvalue weighted by molar-refractivity contribution is 5.42. The summed E-state index contributed by atoms with van der Waals surface area (Å²) in [5.41, 5.74) is 12.4. The highest BCUT2D eigenvalue weighted by Gasteiger charge is 2.18. The molecule has 1 heterocycles. The third-order valence-electron chi connectivity index (χ3n) is 2.06. The molecule has 5 heteroatoms. The summed E-state index contributed by atoms with van der Waals surface area (Å²) in [6.07, 6.45) is -2.05. The smallest absolute Gasteiger partial charge is 0.123 e. The maximum absolute atomic E-state index is 9.57. The second kappa shape index (κ2) is 4.36. The number of hydrogen-bond acceptors (Lipinski definition) is 5. The van der Waals surface area contributed by atoms with Crippen molar-refractivity contribution in [2.75, 3.05) is 12.3 Å². The van der Waals surface area contributed by atoms with Crippen LogP contribution in [-0.2, 0) is 0 Å². The van der Waals surface area contributed by atoms with Crippen molar-refractivity contribution in [1.29, 1.82) is 0 Å². The van der Waals surface area contributed by atoms with Crippen LogP contribution < -0.4 is 11.5 Å². The van der Waals surface area contributed by atoms with E-state index < -0.39 is 12.2 Å². The van der Waals surface area contributed by atoms with Crippen LogP contribution in [-0.4, -0.2) is 27.8 Å². The quantitative estimate of drug-likeness (QED) is 0.514. The van der Waals surface area contributed by atoms with Crippen LogP contribution in [0, 0.1) is 6.92 Å². The maximum Gasteiger partial charge on any atom is 0.123 e. The molecule has 14 heavy (non-hydrogen) atoms. The normalized spacial score (nSPS) is 15.1. The molecule has 1 aromatic heterocycles. The molecule has 0 spiro atoms. The zero-order valence-electron chi connectivity index (χ0n) is 8.01. The van der Waals surface area contributed by atoms with Crippen LogP contribution in [0.3, 0.4) is 0 Å². The van der Waals surface area contributed by atoms with Gasteiger partial charge in [0, 0.05) is 6.54 Å². The van der Waals surface area contributed by atoms with Crippen molar-refractivity contribution in [1.82, 2.24) is 4.98 Å². The number of aryl methyl sites for hydroxylation is 1. The van der Waals surface area contributed by atoms with Crippen molar-refractivity contribution in [3.63, 3.8) is 0 Å². The summed E-state index contributed by atoms with van der Waals surface area (Å²) < 4.78 is 0. The molecule has 2 unspecified atom stereocenters. The van der Waals surface area contributed by atoms with Gasteiger partial charge >= 0.3 is 0 Å². The molecule has 1 rings (SSSR count). The molecule has 0 amide bonds. The van der Waals surface area contributed by atoms with E-state index in [-0.39, 0.29) is 6.54 Å². The minimum atomic E-state index is -1.06. The van der Waals surface area contributed by atoms with Crippen molar-refractivity contribution in [3.05, 3.63) is 23.5 Å². The summed E-state index contributed by atoms with van der Waals surface area (Å²) in [4.78, 5) is 4.05. The molecule has 0 aliphatic rings. The highest BCUT2D eigenvalue weighted by Crippen LogP contribution is 2.17. The van der Waals surface area contributed by atoms with E-state index in [0.29, 0.717) is 17.1 Å². The summed E-state index contributed by atoms with van der Waals surface area (Å²) in [5.74, 6) is 0. The number of pyridine rings is 1. The molecule has 0 aliphatic carbocycles. The van der Waals surface area contributed by atoms with Gasteiger partial charge in [0.2, 0.25) is 0 Å². The van der Waals surface area contributed by atoms with Crippen LogP contribution in [0.2, 0.25) is 0 Å². The monoisotopic (exact) mass is 197 g/mol. The standard InChI is InChI=1S/C9H15N3O2/c1-5-6(11)2-3-7(12-5)9(14)8(13)4-10/h2-3,8-9,13-14H,4,10-11H2,1H3. The van der Waals surface area contributed by atoms with Crippen molar-refractivity contribution < 1.29 is 10.2 Å². The molecule has 0 saturated carbocycles. The first-order chi connectivity index (χ1) is 6.56. The molecule has 5 nitrogen and oxygen atoms in total. The summed E-state index contributed by atoms with van der Waals surface area (Å²) in [5, 5.41) is 18.9. The van der Waals surface area contributed by atoms with Gasteiger partial charge in [-0.2, -0.15) is 0 Å². The third kappa shape index (κ3) is 2.20. The second-order valence-electron chi connectivity index (χ2n) is 3.16. The Balaban J connectivity index is 2.91. The number of anilines is 1. The first-order valence-corrected chi connectivity index (χ1v) is 4.35. The predicted octanol–water partition coefficient (Wildman–Crippen LogP) is -0.675. The molecule has 0 bridgehead atoms. The lowest BCUT2D eigenvalue weighted by Gasteiger charge is -2.16. The molecule has 6 N–H and O–H groups in total. The number of nitrogens with zero attached hydrogens (tertiary/aromatic N) is 1. The fourth-order valence-electron chi connectivity index (χ4n) is 1.08. The number of aliphatic hydroxyl groups excluding tert-OH is 2. The van der Waals surface area contributed by atoms with Gasteiger partial charge in [-0.25, -0.2) is 0 Å². The summed E-state index contributed by atoms with van der Waals surface area (Å²) >= 11 is 0. The van der Waals surface area contributed by atoms with Gasteiger partial charge in [0.25, 0.3) is 0 Å². The van der Waals surface area contributed by atoms with Gasteiger partial charge in [-0.15, -0.1) is 0 Å². The fraction of sp³-hybridized carbons (Fsp3) is 0.444. The third-order valence-corrected chi connectivity index (χ3v) is 2.06. The van der Waals surface area contributed by atoms with E-state index in [1.165, 1.54) is 0 Å². The lowest BCUT2D eigenvalue weighted by atomic mass is 10.1. The molecule has 0 saturated heterocycles. The van der Waals surface area contributed by atoms with Gasteiger partial charge < -0.3 is 21.7 Å². The Kier molecular flexibility index (Phi) is 3.40. The second-order valence-corrected chi connectivity index (χ2v) is 3.16. The lowest BCUT2D eigenvalue weighted by molar-refractivity contribution is 0.0217. The van der Waals surface area contributed by atoms with Gasteiger partial charge in [-0.1, -0.05) is 0 Å². The molecule has 2 atom stereocenters. The molecule has 0 radical (unpaired) electrons. The largest absolute Gasteiger partial charge is 0.397 e. The minimum Gasteiger partial charge on any atom is -0.397 e. The van der Waals surface area contributed by atoms with Crippen molar-refractivity contribution in [2.24, 2.45) is 5.73 Å². The Morgan fingerprint density at radius 2 is 2.07 bits per heavy atom. The molecule has 1 aromatic rings. The SMILES string of the molecule is Cc1nc(C(O)C(O)CN)ccc1N. The van der Waals surface area contributed by atoms with Crippen molar-refractivity contribution >= 4 is 5.69 Å². The molecule has 0 fully saturated rings. The highest BCUT2D eigenvalue weighted by atomic mass is 16.3. The number of nitrogens with two attached hydrogens (primary N) is 2. The predicted molar refractivity (Wildman–Crippen MR) is 53.4 cm³/mol. The van der Waals surface area contributed by atoms with Crippen LogP contribution >= 0.6 is 0 Å². The Morgan fingerprint density at radius 3 is 2.57 bits per heavy atom. The Hall–Kier alpha value is -1.17. The van der Waals surface area contributed by atoms with E-state index in [4.69, 9.17) is 11.5 Å². The van der Waals surface area contributed by atoms with Gasteiger partial charge in [0.15, 0.2) is 0 Å². The van der Waals surface area contributed by atoms with E-state index in [1.54, 1.807) is 19.1 Å². The topological polar surface area (TPSA) is 105 Å². The van der Waals surface area contributed by atoms with Gasteiger partial charge in [-0.05, 0) is 19.1 Å². The maximum atomic E-state index is 9.57. The first-order valence-electron chi connectivity index (χ1n) is 4.35. The van der Waals surface area contributed by atoms with E-state index in [2.05, 4.69) is 4.98 Å². The number of hydrogen-bond donors (Lipinski definition) is 4. The molecule has 78 valence electrons. The minimum absolute atomic E-state index is 0.00767. The Labute approximate surface area is 82.4 Å². The van der Waals surface area contributed by atoms with Crippen molar-refractivity contribution in [3.8, 4) is 0 Å². The summed E-state index contributed by atoms with van der Waals surface area (Å²) in [6, 6.07) is 3.22. The molecule has 0 aromatic carbocycles. The molecular formula is C9H15N3O2. The van der Waals surface area contributed by atoms with Gasteiger partial charge in [-0.3, -0.25) is 4.98 Å². The number of aliphatic hydroxyl groups is 2. The van der Waals surface area contributed by atoms with Crippen LogP contribution in [0.15, 0.2) is 12.1 Å².